The van der Waals surface area contributed by atoms with Gasteiger partial charge in [-0.2, -0.15) is 0 Å². The summed E-state index contributed by atoms with van der Waals surface area (Å²) in [5.41, 5.74) is 5.60. The molecule has 3 nitrogen and oxygen atoms in total. The van der Waals surface area contributed by atoms with Gasteiger partial charge in [0.1, 0.15) is 0 Å². The molecule has 1 unspecified atom stereocenters. The highest BCUT2D eigenvalue weighted by Gasteiger charge is 2.28. The van der Waals surface area contributed by atoms with Gasteiger partial charge in [-0.05, 0) is 35.0 Å². The second kappa shape index (κ2) is 5.58. The third-order valence-electron chi connectivity index (χ3n) is 1.75. The van der Waals surface area contributed by atoms with Crippen molar-refractivity contribution in [3.05, 3.63) is 20.8 Å². The minimum Gasteiger partial charge on any atom is -0.464 e. The van der Waals surface area contributed by atoms with Gasteiger partial charge in [-0.1, -0.05) is 0 Å². The highest BCUT2D eigenvalue weighted by atomic mass is 79.9. The summed E-state index contributed by atoms with van der Waals surface area (Å²) in [4.78, 5) is 11.7. The number of hydrogen-bond acceptors (Lipinski definition) is 4. The number of thiophene rings is 1. The number of alkyl halides is 1. The van der Waals surface area contributed by atoms with Gasteiger partial charge >= 0.3 is 5.97 Å². The van der Waals surface area contributed by atoms with E-state index >= 15 is 0 Å². The molecule has 84 valence electrons. The largest absolute Gasteiger partial charge is 0.464 e. The molecule has 0 saturated heterocycles. The number of ether oxygens (including phenoxy) is 1. The first-order valence-electron chi connectivity index (χ1n) is 4.37. The van der Waals surface area contributed by atoms with Gasteiger partial charge in [0, 0.05) is 4.88 Å². The Morgan fingerprint density at radius 2 is 2.40 bits per heavy atom. The Hall–Kier alpha value is -0.460. The van der Waals surface area contributed by atoms with Crippen molar-refractivity contribution in [3.63, 3.8) is 0 Å². The normalized spacial score (nSPS) is 14.7. The van der Waals surface area contributed by atoms with Crippen LogP contribution in [-0.4, -0.2) is 18.7 Å². The van der Waals surface area contributed by atoms with Crippen LogP contribution < -0.4 is 5.73 Å². The van der Waals surface area contributed by atoms with E-state index in [0.29, 0.717) is 4.88 Å². The lowest BCUT2D eigenvalue weighted by Crippen LogP contribution is -2.30. The van der Waals surface area contributed by atoms with Gasteiger partial charge in [-0.15, -0.1) is 11.3 Å². The van der Waals surface area contributed by atoms with E-state index in [-0.39, 0.29) is 6.61 Å². The van der Waals surface area contributed by atoms with Crippen LogP contribution in [0.3, 0.4) is 0 Å². The minimum atomic E-state index is -1.81. The number of rotatable bonds is 4. The first-order chi connectivity index (χ1) is 7.06. The maximum absolute atomic E-state index is 13.5. The lowest BCUT2D eigenvalue weighted by molar-refractivity contribution is -0.149. The average Bonchev–Trinajstić information content (AvgIpc) is 2.63. The average molecular weight is 296 g/mol. The number of hydrogen-bond donors (Lipinski definition) is 1. The van der Waals surface area contributed by atoms with Gasteiger partial charge in [0.05, 0.1) is 16.4 Å². The van der Waals surface area contributed by atoms with Crippen LogP contribution in [0, 0.1) is 0 Å². The summed E-state index contributed by atoms with van der Waals surface area (Å²) in [5, 5.41) is 0. The predicted molar refractivity (Wildman–Crippen MR) is 60.5 cm³/mol. The summed E-state index contributed by atoms with van der Waals surface area (Å²) in [5.74, 6) is -0.908. The van der Waals surface area contributed by atoms with Crippen molar-refractivity contribution in [1.29, 1.82) is 0 Å². The van der Waals surface area contributed by atoms with Crippen LogP contribution in [0.15, 0.2) is 15.9 Å². The zero-order chi connectivity index (χ0) is 11.4. The fourth-order valence-corrected chi connectivity index (χ4v) is 2.47. The number of carbonyl (C=O) groups is 1. The Balaban J connectivity index is 2.67. The molecule has 1 rings (SSSR count). The fourth-order valence-electron chi connectivity index (χ4n) is 1.02. The summed E-state index contributed by atoms with van der Waals surface area (Å²) in [6.45, 7) is 1.78. The zero-order valence-electron chi connectivity index (χ0n) is 8.07. The van der Waals surface area contributed by atoms with Crippen molar-refractivity contribution in [2.45, 2.75) is 19.1 Å². The molecule has 0 radical (unpaired) electrons. The van der Waals surface area contributed by atoms with Crippen LogP contribution in [0.25, 0.3) is 0 Å². The number of halogens is 2. The topological polar surface area (TPSA) is 52.3 Å². The summed E-state index contributed by atoms with van der Waals surface area (Å²) in [7, 11) is 0. The molecule has 1 aromatic rings. The van der Waals surface area contributed by atoms with E-state index in [4.69, 9.17) is 5.73 Å². The third-order valence-corrected chi connectivity index (χ3v) is 3.47. The molecule has 0 aliphatic heterocycles. The molecule has 0 spiro atoms. The smallest absolute Gasteiger partial charge is 0.342 e. The Kier molecular flexibility index (Phi) is 4.69. The maximum atomic E-state index is 13.5. The standard InChI is InChI=1S/C9H11BrFNO2S/c1-2-14-9(13)7(11)8(12)5-3-4-6(10)15-5/h3-4,7-8H,2,12H2,1H3/t7?,8-/m1/s1. The molecule has 0 amide bonds. The fraction of sp³-hybridized carbons (Fsp3) is 0.444. The van der Waals surface area contributed by atoms with Gasteiger partial charge in [-0.3, -0.25) is 0 Å². The molecule has 1 heterocycles. The molecule has 0 aliphatic rings. The van der Waals surface area contributed by atoms with Crippen LogP contribution in [0.1, 0.15) is 17.8 Å². The van der Waals surface area contributed by atoms with E-state index in [2.05, 4.69) is 20.7 Å². The summed E-state index contributed by atoms with van der Waals surface area (Å²) in [6.07, 6.45) is -1.81. The van der Waals surface area contributed by atoms with E-state index < -0.39 is 18.2 Å². The van der Waals surface area contributed by atoms with E-state index in [1.165, 1.54) is 11.3 Å². The van der Waals surface area contributed by atoms with Crippen LogP contribution >= 0.6 is 27.3 Å². The molecule has 0 bridgehead atoms. The maximum Gasteiger partial charge on any atom is 0.342 e. The molecule has 2 atom stereocenters. The van der Waals surface area contributed by atoms with Gasteiger partial charge in [0.2, 0.25) is 6.17 Å². The van der Waals surface area contributed by atoms with Crippen molar-refractivity contribution < 1.29 is 13.9 Å². The van der Waals surface area contributed by atoms with Crippen LogP contribution in [0.4, 0.5) is 4.39 Å². The number of nitrogens with two attached hydrogens (primary N) is 1. The summed E-state index contributed by atoms with van der Waals surface area (Å²) >= 11 is 4.55. The number of carbonyl (C=O) groups excluding carboxylic acids is 1. The molecule has 1 aromatic heterocycles. The Morgan fingerprint density at radius 3 is 2.87 bits per heavy atom. The van der Waals surface area contributed by atoms with Crippen LogP contribution in [-0.2, 0) is 9.53 Å². The van der Waals surface area contributed by atoms with Crippen molar-refractivity contribution in [3.8, 4) is 0 Å². The predicted octanol–water partition coefficient (Wildman–Crippen LogP) is 2.41. The van der Waals surface area contributed by atoms with E-state index in [9.17, 15) is 9.18 Å². The van der Waals surface area contributed by atoms with Crippen molar-refractivity contribution in [2.24, 2.45) is 5.73 Å². The van der Waals surface area contributed by atoms with E-state index in [1.807, 2.05) is 0 Å². The zero-order valence-corrected chi connectivity index (χ0v) is 10.5. The van der Waals surface area contributed by atoms with Crippen molar-refractivity contribution >= 4 is 33.2 Å². The monoisotopic (exact) mass is 295 g/mol. The summed E-state index contributed by atoms with van der Waals surface area (Å²) < 4.78 is 18.9. The lowest BCUT2D eigenvalue weighted by atomic mass is 10.1. The van der Waals surface area contributed by atoms with Crippen molar-refractivity contribution in [1.82, 2.24) is 0 Å². The SMILES string of the molecule is CCOC(=O)C(F)[C@H](N)c1ccc(Br)s1. The van der Waals surface area contributed by atoms with E-state index in [0.717, 1.165) is 3.79 Å². The first-order valence-corrected chi connectivity index (χ1v) is 5.98. The minimum absolute atomic E-state index is 0.153. The summed E-state index contributed by atoms with van der Waals surface area (Å²) in [6, 6.07) is 2.49. The highest BCUT2D eigenvalue weighted by Crippen LogP contribution is 2.28. The Bertz CT molecular complexity index is 345. The van der Waals surface area contributed by atoms with E-state index in [1.54, 1.807) is 19.1 Å². The molecule has 6 heteroatoms. The molecular formula is C9H11BrFNO2S. The van der Waals surface area contributed by atoms with Gasteiger partial charge in [0.15, 0.2) is 0 Å². The number of esters is 1. The molecule has 0 aliphatic carbocycles. The van der Waals surface area contributed by atoms with Gasteiger partial charge < -0.3 is 10.5 Å². The molecule has 15 heavy (non-hydrogen) atoms. The van der Waals surface area contributed by atoms with Crippen LogP contribution in [0.5, 0.6) is 0 Å². The lowest BCUT2D eigenvalue weighted by Gasteiger charge is -2.13. The Labute approximate surface area is 99.5 Å². The molecule has 2 N–H and O–H groups in total. The Morgan fingerprint density at radius 1 is 1.73 bits per heavy atom. The molecular weight excluding hydrogens is 285 g/mol. The van der Waals surface area contributed by atoms with Gasteiger partial charge in [0.25, 0.3) is 0 Å². The molecule has 0 saturated carbocycles. The second-order valence-electron chi connectivity index (χ2n) is 2.82. The second-order valence-corrected chi connectivity index (χ2v) is 5.32. The van der Waals surface area contributed by atoms with Crippen molar-refractivity contribution in [2.75, 3.05) is 6.61 Å². The first kappa shape index (κ1) is 12.6. The molecule has 0 fully saturated rings. The highest BCUT2D eigenvalue weighted by molar-refractivity contribution is 9.11. The third kappa shape index (κ3) is 3.25. The van der Waals surface area contributed by atoms with Crippen LogP contribution in [0.2, 0.25) is 0 Å². The quantitative estimate of drug-likeness (QED) is 0.868. The molecule has 0 aromatic carbocycles. The van der Waals surface area contributed by atoms with Gasteiger partial charge in [-0.25, -0.2) is 9.18 Å².